The van der Waals surface area contributed by atoms with Crippen LogP contribution in [0, 0.1) is 6.92 Å². The third kappa shape index (κ3) is 1.24. The first-order valence-electron chi connectivity index (χ1n) is 4.48. The van der Waals surface area contributed by atoms with Crippen LogP contribution in [0.5, 0.6) is 5.75 Å². The molecule has 0 saturated carbocycles. The fourth-order valence-electron chi connectivity index (χ4n) is 1.56. The Kier molecular flexibility index (Phi) is 2.13. The zero-order valence-electron chi connectivity index (χ0n) is 8.29. The first-order valence-corrected chi connectivity index (χ1v) is 4.48. The fourth-order valence-corrected chi connectivity index (χ4v) is 1.56. The van der Waals surface area contributed by atoms with Crippen molar-refractivity contribution in [1.29, 1.82) is 0 Å². The predicted octanol–water partition coefficient (Wildman–Crippen LogP) is 1.34. The normalized spacial score (nSPS) is 10.8. The van der Waals surface area contributed by atoms with Crippen LogP contribution in [0.1, 0.15) is 11.3 Å². The third-order valence-electron chi connectivity index (χ3n) is 2.36. The van der Waals surface area contributed by atoms with Gasteiger partial charge in [0, 0.05) is 17.6 Å². The molecule has 0 spiro atoms. The van der Waals surface area contributed by atoms with E-state index in [1.807, 2.05) is 19.1 Å². The van der Waals surface area contributed by atoms with Gasteiger partial charge in [-0.15, -0.1) is 0 Å². The molecule has 0 aliphatic heterocycles. The van der Waals surface area contributed by atoms with E-state index in [9.17, 15) is 0 Å². The molecule has 14 heavy (non-hydrogen) atoms. The van der Waals surface area contributed by atoms with Crippen LogP contribution in [0.2, 0.25) is 0 Å². The summed E-state index contributed by atoms with van der Waals surface area (Å²) in [6, 6.07) is 3.88. The van der Waals surface area contributed by atoms with Crippen molar-refractivity contribution < 1.29 is 4.74 Å². The molecule has 4 heteroatoms. The highest BCUT2D eigenvalue weighted by molar-refractivity contribution is 5.85. The van der Waals surface area contributed by atoms with Gasteiger partial charge >= 0.3 is 0 Å². The predicted molar refractivity (Wildman–Crippen MR) is 55.3 cm³/mol. The number of nitrogens with one attached hydrogen (secondary N) is 1. The quantitative estimate of drug-likeness (QED) is 0.752. The maximum atomic E-state index is 5.64. The van der Waals surface area contributed by atoms with Crippen molar-refractivity contribution in [3.63, 3.8) is 0 Å². The Balaban J connectivity index is 2.76. The zero-order chi connectivity index (χ0) is 10.1. The number of benzene rings is 1. The lowest BCUT2D eigenvalue weighted by Crippen LogP contribution is -1.98. The Hall–Kier alpha value is -1.55. The fraction of sp³-hybridized carbons (Fsp3) is 0.300. The van der Waals surface area contributed by atoms with E-state index >= 15 is 0 Å². The van der Waals surface area contributed by atoms with Gasteiger partial charge in [-0.25, -0.2) is 0 Å². The van der Waals surface area contributed by atoms with E-state index in [1.165, 1.54) is 0 Å². The molecule has 0 aliphatic carbocycles. The lowest BCUT2D eigenvalue weighted by atomic mass is 10.1. The minimum Gasteiger partial charge on any atom is -0.497 e. The lowest BCUT2D eigenvalue weighted by molar-refractivity contribution is 0.415. The maximum Gasteiger partial charge on any atom is 0.120 e. The van der Waals surface area contributed by atoms with Gasteiger partial charge in [0.25, 0.3) is 0 Å². The molecule has 1 heterocycles. The lowest BCUT2D eigenvalue weighted by Gasteiger charge is -2.03. The smallest absolute Gasteiger partial charge is 0.120 e. The number of aryl methyl sites for hydroxylation is 1. The highest BCUT2D eigenvalue weighted by atomic mass is 16.5. The molecular weight excluding hydrogens is 178 g/mol. The van der Waals surface area contributed by atoms with Crippen LogP contribution >= 0.6 is 0 Å². The molecule has 3 N–H and O–H groups in total. The van der Waals surface area contributed by atoms with E-state index < -0.39 is 0 Å². The summed E-state index contributed by atoms with van der Waals surface area (Å²) in [6.45, 7) is 2.45. The van der Waals surface area contributed by atoms with Crippen molar-refractivity contribution in [2.75, 3.05) is 7.11 Å². The molecule has 1 aromatic carbocycles. The average molecular weight is 191 g/mol. The van der Waals surface area contributed by atoms with E-state index in [4.69, 9.17) is 10.5 Å². The molecule has 0 fully saturated rings. The van der Waals surface area contributed by atoms with E-state index in [0.717, 1.165) is 27.9 Å². The van der Waals surface area contributed by atoms with Gasteiger partial charge in [-0.2, -0.15) is 5.10 Å². The molecule has 0 saturated heterocycles. The van der Waals surface area contributed by atoms with E-state index in [-0.39, 0.29) is 0 Å². The van der Waals surface area contributed by atoms with Crippen LogP contribution in [0.4, 0.5) is 0 Å². The summed E-state index contributed by atoms with van der Waals surface area (Å²) in [5.41, 5.74) is 8.61. The summed E-state index contributed by atoms with van der Waals surface area (Å²) in [6.07, 6.45) is 0. The number of nitrogens with two attached hydrogens (primary N) is 1. The van der Waals surface area contributed by atoms with Crippen LogP contribution in [0.25, 0.3) is 10.9 Å². The molecule has 4 nitrogen and oxygen atoms in total. The molecule has 2 aromatic rings. The van der Waals surface area contributed by atoms with Gasteiger partial charge in [0.05, 0.1) is 12.6 Å². The van der Waals surface area contributed by atoms with Crippen molar-refractivity contribution in [3.8, 4) is 5.75 Å². The van der Waals surface area contributed by atoms with Gasteiger partial charge in [0.15, 0.2) is 0 Å². The number of aromatic nitrogens is 2. The second-order valence-electron chi connectivity index (χ2n) is 3.24. The Morgan fingerprint density at radius 3 is 2.93 bits per heavy atom. The number of H-pyrrole nitrogens is 1. The first kappa shape index (κ1) is 9.02. The number of hydrogen-bond donors (Lipinski definition) is 2. The van der Waals surface area contributed by atoms with Crippen LogP contribution in [-0.4, -0.2) is 17.3 Å². The molecule has 0 atom stereocenters. The van der Waals surface area contributed by atoms with E-state index in [1.54, 1.807) is 7.11 Å². The number of methoxy groups -OCH3 is 1. The number of hydrogen-bond acceptors (Lipinski definition) is 3. The second kappa shape index (κ2) is 3.31. The topological polar surface area (TPSA) is 63.9 Å². The standard InChI is InChI=1S/C10H13N3O/c1-6-9-4-8(14-2)3-7(5-11)10(9)13-12-6/h3-4H,5,11H2,1-2H3,(H,12,13). The molecule has 0 unspecified atom stereocenters. The maximum absolute atomic E-state index is 5.64. The van der Waals surface area contributed by atoms with Crippen molar-refractivity contribution in [2.24, 2.45) is 5.73 Å². The van der Waals surface area contributed by atoms with Gasteiger partial charge in [-0.05, 0) is 24.6 Å². The Morgan fingerprint density at radius 2 is 2.29 bits per heavy atom. The average Bonchev–Trinajstić information content (AvgIpc) is 2.59. The van der Waals surface area contributed by atoms with E-state index in [2.05, 4.69) is 10.2 Å². The number of fused-ring (bicyclic) bond motifs is 1. The molecule has 74 valence electrons. The van der Waals surface area contributed by atoms with Crippen LogP contribution in [0.3, 0.4) is 0 Å². The molecule has 0 radical (unpaired) electrons. The largest absolute Gasteiger partial charge is 0.497 e. The van der Waals surface area contributed by atoms with Gasteiger partial charge in [-0.1, -0.05) is 0 Å². The Labute approximate surface area is 82.1 Å². The molecule has 0 amide bonds. The third-order valence-corrected chi connectivity index (χ3v) is 2.36. The van der Waals surface area contributed by atoms with Crippen molar-refractivity contribution in [2.45, 2.75) is 13.5 Å². The number of aromatic amines is 1. The second-order valence-corrected chi connectivity index (χ2v) is 3.24. The van der Waals surface area contributed by atoms with Crippen LogP contribution < -0.4 is 10.5 Å². The van der Waals surface area contributed by atoms with Gasteiger partial charge in [0.2, 0.25) is 0 Å². The highest BCUT2D eigenvalue weighted by Gasteiger charge is 2.08. The summed E-state index contributed by atoms with van der Waals surface area (Å²) in [7, 11) is 1.65. The molecule has 1 aromatic heterocycles. The SMILES string of the molecule is COc1cc(CN)c2n[nH]c(C)c2c1. The van der Waals surface area contributed by atoms with Gasteiger partial charge < -0.3 is 10.5 Å². The number of rotatable bonds is 2. The van der Waals surface area contributed by atoms with E-state index in [0.29, 0.717) is 6.54 Å². The molecule has 0 aliphatic rings. The Bertz CT molecular complexity index is 462. The number of ether oxygens (including phenoxy) is 1. The molecular formula is C10H13N3O. The zero-order valence-corrected chi connectivity index (χ0v) is 8.29. The van der Waals surface area contributed by atoms with Crippen molar-refractivity contribution in [1.82, 2.24) is 10.2 Å². The molecule has 2 rings (SSSR count). The minimum atomic E-state index is 0.470. The van der Waals surface area contributed by atoms with Gasteiger partial charge in [-0.3, -0.25) is 5.10 Å². The Morgan fingerprint density at radius 1 is 1.50 bits per heavy atom. The summed E-state index contributed by atoms with van der Waals surface area (Å²) in [5.74, 6) is 0.822. The monoisotopic (exact) mass is 191 g/mol. The minimum absolute atomic E-state index is 0.470. The van der Waals surface area contributed by atoms with Crippen LogP contribution in [-0.2, 0) is 6.54 Å². The van der Waals surface area contributed by atoms with Gasteiger partial charge in [0.1, 0.15) is 5.75 Å². The summed E-state index contributed by atoms with van der Waals surface area (Å²) >= 11 is 0. The number of nitrogens with zero attached hydrogens (tertiary/aromatic N) is 1. The summed E-state index contributed by atoms with van der Waals surface area (Å²) in [5, 5.41) is 8.22. The molecule has 0 bridgehead atoms. The van der Waals surface area contributed by atoms with Crippen molar-refractivity contribution in [3.05, 3.63) is 23.4 Å². The first-order chi connectivity index (χ1) is 6.76. The highest BCUT2D eigenvalue weighted by Crippen LogP contribution is 2.25. The summed E-state index contributed by atoms with van der Waals surface area (Å²) in [4.78, 5) is 0. The summed E-state index contributed by atoms with van der Waals surface area (Å²) < 4.78 is 5.19. The van der Waals surface area contributed by atoms with Crippen LogP contribution in [0.15, 0.2) is 12.1 Å². The van der Waals surface area contributed by atoms with Crippen molar-refractivity contribution >= 4 is 10.9 Å².